The Morgan fingerprint density at radius 1 is 1.08 bits per heavy atom. The molecule has 5 nitrogen and oxygen atoms in total. The van der Waals surface area contributed by atoms with Crippen molar-refractivity contribution in [3.05, 3.63) is 66.1 Å². The summed E-state index contributed by atoms with van der Waals surface area (Å²) in [6.07, 6.45) is 5.62. The predicted molar refractivity (Wildman–Crippen MR) is 103 cm³/mol. The number of nitriles is 1. The number of rotatable bonds is 4. The number of piperidine rings is 1. The molecule has 3 aromatic rings. The Morgan fingerprint density at radius 3 is 2.65 bits per heavy atom. The van der Waals surface area contributed by atoms with Crippen LogP contribution in [0.25, 0.3) is 10.9 Å². The minimum atomic E-state index is 0.368. The molecule has 1 fully saturated rings. The maximum Gasteiger partial charge on any atom is 0.103 e. The Balaban J connectivity index is 1.45. The van der Waals surface area contributed by atoms with E-state index in [1.165, 1.54) is 0 Å². The molecule has 1 aromatic carbocycles. The van der Waals surface area contributed by atoms with Gasteiger partial charge in [0.05, 0.1) is 22.5 Å². The van der Waals surface area contributed by atoms with Gasteiger partial charge in [0, 0.05) is 43.5 Å². The van der Waals surface area contributed by atoms with E-state index in [-0.39, 0.29) is 0 Å². The van der Waals surface area contributed by atoms with Gasteiger partial charge < -0.3 is 5.32 Å². The smallest absolute Gasteiger partial charge is 0.103 e. The fourth-order valence-electron chi connectivity index (χ4n) is 3.54. The van der Waals surface area contributed by atoms with Gasteiger partial charge in [0.25, 0.3) is 0 Å². The monoisotopic (exact) mass is 343 g/mol. The van der Waals surface area contributed by atoms with E-state index in [0.29, 0.717) is 11.6 Å². The van der Waals surface area contributed by atoms with Crippen LogP contribution in [0.5, 0.6) is 0 Å². The molecule has 1 saturated heterocycles. The van der Waals surface area contributed by atoms with Crippen molar-refractivity contribution in [2.75, 3.05) is 18.4 Å². The highest BCUT2D eigenvalue weighted by Crippen LogP contribution is 2.28. The fraction of sp³-hybridized carbons (Fsp3) is 0.286. The Kier molecular flexibility index (Phi) is 4.76. The number of pyridine rings is 2. The first kappa shape index (κ1) is 16.5. The first-order valence-electron chi connectivity index (χ1n) is 9.00. The highest BCUT2D eigenvalue weighted by molar-refractivity contribution is 5.93. The topological polar surface area (TPSA) is 64.8 Å². The van der Waals surface area contributed by atoms with Crippen molar-refractivity contribution < 1.29 is 0 Å². The minimum Gasteiger partial charge on any atom is -0.381 e. The van der Waals surface area contributed by atoms with Gasteiger partial charge in [0.2, 0.25) is 0 Å². The molecule has 4 rings (SSSR count). The maximum absolute atomic E-state index is 9.47. The van der Waals surface area contributed by atoms with Crippen LogP contribution in [0.2, 0.25) is 0 Å². The van der Waals surface area contributed by atoms with Gasteiger partial charge in [-0.2, -0.15) is 5.26 Å². The average Bonchev–Trinajstić information content (AvgIpc) is 2.70. The minimum absolute atomic E-state index is 0.368. The van der Waals surface area contributed by atoms with E-state index in [1.807, 2.05) is 42.6 Å². The van der Waals surface area contributed by atoms with E-state index in [4.69, 9.17) is 0 Å². The molecule has 5 heteroatoms. The van der Waals surface area contributed by atoms with Gasteiger partial charge in [0.15, 0.2) is 0 Å². The van der Waals surface area contributed by atoms with Crippen molar-refractivity contribution >= 4 is 16.6 Å². The second-order valence-corrected chi connectivity index (χ2v) is 6.69. The molecular formula is C21H21N5. The van der Waals surface area contributed by atoms with Gasteiger partial charge >= 0.3 is 0 Å². The number of nitrogens with one attached hydrogen (secondary N) is 1. The van der Waals surface area contributed by atoms with E-state index in [2.05, 4.69) is 32.3 Å². The summed E-state index contributed by atoms with van der Waals surface area (Å²) in [7, 11) is 0. The number of benzene rings is 1. The van der Waals surface area contributed by atoms with Crippen molar-refractivity contribution in [2.45, 2.75) is 25.4 Å². The molecule has 0 unspecified atom stereocenters. The van der Waals surface area contributed by atoms with Crippen LogP contribution >= 0.6 is 0 Å². The van der Waals surface area contributed by atoms with Crippen molar-refractivity contribution in [1.82, 2.24) is 14.9 Å². The molecule has 0 atom stereocenters. The Hall–Kier alpha value is -2.97. The highest BCUT2D eigenvalue weighted by atomic mass is 15.1. The van der Waals surface area contributed by atoms with Gasteiger partial charge in [0.1, 0.15) is 6.07 Å². The molecule has 26 heavy (non-hydrogen) atoms. The van der Waals surface area contributed by atoms with Crippen LogP contribution in [0.4, 0.5) is 5.69 Å². The molecule has 2 aromatic heterocycles. The largest absolute Gasteiger partial charge is 0.381 e. The highest BCUT2D eigenvalue weighted by Gasteiger charge is 2.21. The lowest BCUT2D eigenvalue weighted by molar-refractivity contribution is 0.209. The third kappa shape index (κ3) is 3.51. The van der Waals surface area contributed by atoms with Gasteiger partial charge in [-0.3, -0.25) is 14.9 Å². The number of aromatic nitrogens is 2. The van der Waals surface area contributed by atoms with Crippen LogP contribution in [-0.2, 0) is 6.54 Å². The van der Waals surface area contributed by atoms with E-state index >= 15 is 0 Å². The predicted octanol–water partition coefficient (Wildman–Crippen LogP) is 3.58. The van der Waals surface area contributed by atoms with Gasteiger partial charge in [-0.25, -0.2) is 0 Å². The summed E-state index contributed by atoms with van der Waals surface area (Å²) in [5.41, 5.74) is 3.56. The summed E-state index contributed by atoms with van der Waals surface area (Å²) in [4.78, 5) is 11.2. The van der Waals surface area contributed by atoms with Crippen LogP contribution in [0, 0.1) is 11.3 Å². The van der Waals surface area contributed by atoms with E-state index in [0.717, 1.165) is 54.8 Å². The third-order valence-corrected chi connectivity index (χ3v) is 4.94. The first-order valence-corrected chi connectivity index (χ1v) is 9.00. The molecule has 130 valence electrons. The van der Waals surface area contributed by atoms with E-state index < -0.39 is 0 Å². The molecule has 1 N–H and O–H groups in total. The van der Waals surface area contributed by atoms with Crippen LogP contribution in [0.3, 0.4) is 0 Å². The molecule has 3 heterocycles. The van der Waals surface area contributed by atoms with Crippen molar-refractivity contribution in [2.24, 2.45) is 0 Å². The lowest BCUT2D eigenvalue weighted by Gasteiger charge is -2.33. The lowest BCUT2D eigenvalue weighted by atomic mass is 10.0. The fourth-order valence-corrected chi connectivity index (χ4v) is 3.54. The van der Waals surface area contributed by atoms with Gasteiger partial charge in [-0.15, -0.1) is 0 Å². The Bertz CT molecular complexity index is 924. The maximum atomic E-state index is 9.47. The average molecular weight is 343 g/mol. The molecule has 0 amide bonds. The summed E-state index contributed by atoms with van der Waals surface area (Å²) < 4.78 is 0. The zero-order valence-corrected chi connectivity index (χ0v) is 14.6. The summed E-state index contributed by atoms with van der Waals surface area (Å²) in [5.74, 6) is 0. The summed E-state index contributed by atoms with van der Waals surface area (Å²) in [6, 6.07) is 16.7. The zero-order valence-electron chi connectivity index (χ0n) is 14.6. The standard InChI is InChI=1S/C21H21N5/c22-13-16-14-24-20-7-2-1-6-19(20)21(16)25-17-8-11-26(12-9-17)15-18-5-3-4-10-23-18/h1-7,10,14,17H,8-9,11-12,15H2,(H,24,25). The number of fused-ring (bicyclic) bond motifs is 1. The Labute approximate surface area is 153 Å². The number of nitrogens with zero attached hydrogens (tertiary/aromatic N) is 4. The molecule has 0 radical (unpaired) electrons. The SMILES string of the molecule is N#Cc1cnc2ccccc2c1NC1CCN(Cc2ccccn2)CC1. The van der Waals surface area contributed by atoms with E-state index in [9.17, 15) is 5.26 Å². The number of likely N-dealkylation sites (tertiary alicyclic amines) is 1. The summed E-state index contributed by atoms with van der Waals surface area (Å²) in [6.45, 7) is 2.95. The van der Waals surface area contributed by atoms with Crippen LogP contribution in [-0.4, -0.2) is 34.0 Å². The molecule has 1 aliphatic rings. The van der Waals surface area contributed by atoms with Gasteiger partial charge in [-0.05, 0) is 31.0 Å². The number of hydrogen-bond donors (Lipinski definition) is 1. The quantitative estimate of drug-likeness (QED) is 0.784. The second-order valence-electron chi connectivity index (χ2n) is 6.69. The number of para-hydroxylation sites is 1. The zero-order chi connectivity index (χ0) is 17.8. The first-order chi connectivity index (χ1) is 12.8. The molecule has 0 saturated carbocycles. The molecule has 0 bridgehead atoms. The summed E-state index contributed by atoms with van der Waals surface area (Å²) >= 11 is 0. The van der Waals surface area contributed by atoms with Crippen molar-refractivity contribution in [3.8, 4) is 6.07 Å². The van der Waals surface area contributed by atoms with Crippen LogP contribution in [0.1, 0.15) is 24.1 Å². The molecule has 0 spiro atoms. The summed E-state index contributed by atoms with van der Waals surface area (Å²) in [5, 5.41) is 14.1. The van der Waals surface area contributed by atoms with Crippen molar-refractivity contribution in [1.29, 1.82) is 5.26 Å². The van der Waals surface area contributed by atoms with Crippen molar-refractivity contribution in [3.63, 3.8) is 0 Å². The van der Waals surface area contributed by atoms with Crippen LogP contribution < -0.4 is 5.32 Å². The molecular weight excluding hydrogens is 322 g/mol. The van der Waals surface area contributed by atoms with E-state index in [1.54, 1.807) is 6.20 Å². The number of anilines is 1. The second kappa shape index (κ2) is 7.51. The number of hydrogen-bond acceptors (Lipinski definition) is 5. The normalized spacial score (nSPS) is 15.7. The lowest BCUT2D eigenvalue weighted by Crippen LogP contribution is -2.39. The van der Waals surface area contributed by atoms with Crippen LogP contribution in [0.15, 0.2) is 54.9 Å². The molecule has 1 aliphatic heterocycles. The third-order valence-electron chi connectivity index (χ3n) is 4.94. The Morgan fingerprint density at radius 2 is 1.88 bits per heavy atom. The van der Waals surface area contributed by atoms with Gasteiger partial charge in [-0.1, -0.05) is 24.3 Å². The molecule has 0 aliphatic carbocycles.